The molecule has 29 heavy (non-hydrogen) atoms. The second-order valence-electron chi connectivity index (χ2n) is 7.25. The molecule has 0 saturated carbocycles. The molecule has 3 aromatic rings. The Kier molecular flexibility index (Phi) is 5.98. The molecule has 1 unspecified atom stereocenters. The molecule has 7 heteroatoms. The molecule has 0 radical (unpaired) electrons. The standard InChI is InChI=1S/C22H24FN3O3/c1-22(28,13-15-4-10-18(29-3)11-5-15)14-24-21(27)20-12-19(25-26(20)2)16-6-8-17(23)9-7-16/h4-12,28H,13-14H2,1-3H3,(H,24,27). The minimum atomic E-state index is -1.12. The number of nitrogens with one attached hydrogen (secondary N) is 1. The van der Waals surface area contributed by atoms with Crippen molar-refractivity contribution in [2.24, 2.45) is 7.05 Å². The highest BCUT2D eigenvalue weighted by molar-refractivity contribution is 5.93. The normalized spacial score (nSPS) is 13.0. The summed E-state index contributed by atoms with van der Waals surface area (Å²) in [5.41, 5.74) is 1.45. The molecule has 0 aliphatic heterocycles. The number of carbonyl (C=O) groups excluding carboxylic acids is 1. The third-order valence-corrected chi connectivity index (χ3v) is 4.63. The number of methoxy groups -OCH3 is 1. The lowest BCUT2D eigenvalue weighted by molar-refractivity contribution is 0.0550. The van der Waals surface area contributed by atoms with Crippen LogP contribution in [-0.4, -0.2) is 40.0 Å². The van der Waals surface area contributed by atoms with Crippen molar-refractivity contribution in [2.45, 2.75) is 18.9 Å². The van der Waals surface area contributed by atoms with Crippen LogP contribution >= 0.6 is 0 Å². The van der Waals surface area contributed by atoms with E-state index in [1.807, 2.05) is 24.3 Å². The molecule has 0 aliphatic rings. The molecule has 6 nitrogen and oxygen atoms in total. The van der Waals surface area contributed by atoms with E-state index >= 15 is 0 Å². The van der Waals surface area contributed by atoms with Gasteiger partial charge in [-0.05, 0) is 55.0 Å². The molecule has 0 fully saturated rings. The molecule has 0 saturated heterocycles. The van der Waals surface area contributed by atoms with Crippen molar-refractivity contribution in [3.63, 3.8) is 0 Å². The number of rotatable bonds is 7. The van der Waals surface area contributed by atoms with Crippen molar-refractivity contribution < 1.29 is 19.0 Å². The van der Waals surface area contributed by atoms with Crippen LogP contribution in [0.2, 0.25) is 0 Å². The van der Waals surface area contributed by atoms with Crippen molar-refractivity contribution in [1.29, 1.82) is 0 Å². The summed E-state index contributed by atoms with van der Waals surface area (Å²) in [7, 11) is 3.26. The zero-order valence-corrected chi connectivity index (χ0v) is 16.6. The van der Waals surface area contributed by atoms with Crippen LogP contribution in [0.5, 0.6) is 5.75 Å². The zero-order chi connectivity index (χ0) is 21.0. The summed E-state index contributed by atoms with van der Waals surface area (Å²) < 4.78 is 19.7. The fourth-order valence-electron chi connectivity index (χ4n) is 3.05. The predicted molar refractivity (Wildman–Crippen MR) is 108 cm³/mol. The maximum atomic E-state index is 13.1. The number of aromatic nitrogens is 2. The molecule has 0 spiro atoms. The maximum absolute atomic E-state index is 13.1. The van der Waals surface area contributed by atoms with Gasteiger partial charge in [0.2, 0.25) is 0 Å². The highest BCUT2D eigenvalue weighted by Gasteiger charge is 2.23. The van der Waals surface area contributed by atoms with E-state index in [1.54, 1.807) is 39.3 Å². The van der Waals surface area contributed by atoms with Crippen molar-refractivity contribution in [3.8, 4) is 17.0 Å². The second kappa shape index (κ2) is 8.45. The lowest BCUT2D eigenvalue weighted by Gasteiger charge is -2.24. The number of ether oxygens (including phenoxy) is 1. The van der Waals surface area contributed by atoms with Gasteiger partial charge in [-0.3, -0.25) is 9.48 Å². The van der Waals surface area contributed by atoms with E-state index in [2.05, 4.69) is 10.4 Å². The van der Waals surface area contributed by atoms with Gasteiger partial charge in [0.05, 0.1) is 18.4 Å². The zero-order valence-electron chi connectivity index (χ0n) is 16.6. The number of benzene rings is 2. The second-order valence-corrected chi connectivity index (χ2v) is 7.25. The van der Waals surface area contributed by atoms with Gasteiger partial charge in [-0.25, -0.2) is 4.39 Å². The lowest BCUT2D eigenvalue weighted by Crippen LogP contribution is -2.42. The Labute approximate surface area is 168 Å². The Balaban J connectivity index is 1.64. The van der Waals surface area contributed by atoms with E-state index in [4.69, 9.17) is 4.74 Å². The Hall–Kier alpha value is -3.19. The number of hydrogen-bond donors (Lipinski definition) is 2. The van der Waals surface area contributed by atoms with Crippen LogP contribution in [0.25, 0.3) is 11.3 Å². The summed E-state index contributed by atoms with van der Waals surface area (Å²) in [4.78, 5) is 12.6. The van der Waals surface area contributed by atoms with E-state index in [9.17, 15) is 14.3 Å². The highest BCUT2D eigenvalue weighted by atomic mass is 19.1. The summed E-state index contributed by atoms with van der Waals surface area (Å²) in [5, 5.41) is 17.7. The molecule has 0 aliphatic carbocycles. The topological polar surface area (TPSA) is 76.4 Å². The van der Waals surface area contributed by atoms with Crippen LogP contribution in [0.4, 0.5) is 4.39 Å². The minimum absolute atomic E-state index is 0.0783. The van der Waals surface area contributed by atoms with Crippen LogP contribution in [-0.2, 0) is 13.5 Å². The van der Waals surface area contributed by atoms with Gasteiger partial charge in [0.15, 0.2) is 0 Å². The first-order valence-corrected chi connectivity index (χ1v) is 9.21. The summed E-state index contributed by atoms with van der Waals surface area (Å²) in [6.07, 6.45) is 0.378. The molecular formula is C22H24FN3O3. The maximum Gasteiger partial charge on any atom is 0.269 e. The van der Waals surface area contributed by atoms with E-state index in [1.165, 1.54) is 16.8 Å². The fourth-order valence-corrected chi connectivity index (χ4v) is 3.05. The Bertz CT molecular complexity index is 980. The van der Waals surface area contributed by atoms with Crippen LogP contribution in [0, 0.1) is 5.82 Å². The fraction of sp³-hybridized carbons (Fsp3) is 0.273. The molecule has 3 rings (SSSR count). The van der Waals surface area contributed by atoms with Crippen LogP contribution in [0.3, 0.4) is 0 Å². The number of amides is 1. The molecule has 2 N–H and O–H groups in total. The van der Waals surface area contributed by atoms with Gasteiger partial charge in [-0.1, -0.05) is 12.1 Å². The van der Waals surface area contributed by atoms with Gasteiger partial charge >= 0.3 is 0 Å². The third kappa shape index (κ3) is 5.20. The monoisotopic (exact) mass is 397 g/mol. The molecule has 1 heterocycles. The van der Waals surface area contributed by atoms with Crippen molar-refractivity contribution in [2.75, 3.05) is 13.7 Å². The Morgan fingerprint density at radius 2 is 1.86 bits per heavy atom. The number of halogens is 1. The van der Waals surface area contributed by atoms with E-state index in [0.717, 1.165) is 11.3 Å². The highest BCUT2D eigenvalue weighted by Crippen LogP contribution is 2.20. The van der Waals surface area contributed by atoms with Crippen LogP contribution < -0.4 is 10.1 Å². The number of aliphatic hydroxyl groups is 1. The van der Waals surface area contributed by atoms with Crippen LogP contribution in [0.15, 0.2) is 54.6 Å². The SMILES string of the molecule is COc1ccc(CC(C)(O)CNC(=O)c2cc(-c3ccc(F)cc3)nn2C)cc1. The van der Waals surface area contributed by atoms with E-state index < -0.39 is 5.60 Å². The average molecular weight is 397 g/mol. The summed E-state index contributed by atoms with van der Waals surface area (Å²) in [6, 6.07) is 15.0. The van der Waals surface area contributed by atoms with Gasteiger partial charge in [0.1, 0.15) is 17.3 Å². The number of nitrogens with zero attached hydrogens (tertiary/aromatic N) is 2. The minimum Gasteiger partial charge on any atom is -0.497 e. The molecule has 152 valence electrons. The van der Waals surface area contributed by atoms with E-state index in [0.29, 0.717) is 23.4 Å². The smallest absolute Gasteiger partial charge is 0.269 e. The number of carbonyl (C=O) groups is 1. The molecule has 2 aromatic carbocycles. The quantitative estimate of drug-likeness (QED) is 0.643. The lowest BCUT2D eigenvalue weighted by atomic mass is 9.96. The first-order chi connectivity index (χ1) is 13.8. The third-order valence-electron chi connectivity index (χ3n) is 4.63. The van der Waals surface area contributed by atoms with Crippen LogP contribution in [0.1, 0.15) is 23.0 Å². The van der Waals surface area contributed by atoms with Crippen molar-refractivity contribution >= 4 is 5.91 Å². The largest absolute Gasteiger partial charge is 0.497 e. The van der Waals surface area contributed by atoms with Gasteiger partial charge < -0.3 is 15.2 Å². The summed E-state index contributed by atoms with van der Waals surface area (Å²) in [5.74, 6) is 0.0694. The molecule has 1 amide bonds. The van der Waals surface area contributed by atoms with Gasteiger partial charge in [-0.2, -0.15) is 5.10 Å². The first kappa shape index (κ1) is 20.5. The summed E-state index contributed by atoms with van der Waals surface area (Å²) >= 11 is 0. The predicted octanol–water partition coefficient (Wildman–Crippen LogP) is 2.96. The number of hydrogen-bond acceptors (Lipinski definition) is 4. The average Bonchev–Trinajstić information content (AvgIpc) is 3.09. The first-order valence-electron chi connectivity index (χ1n) is 9.21. The Morgan fingerprint density at radius 3 is 2.48 bits per heavy atom. The molecule has 1 aromatic heterocycles. The molecular weight excluding hydrogens is 373 g/mol. The van der Waals surface area contributed by atoms with E-state index in [-0.39, 0.29) is 18.3 Å². The van der Waals surface area contributed by atoms with Gasteiger partial charge in [0.25, 0.3) is 5.91 Å². The molecule has 0 bridgehead atoms. The summed E-state index contributed by atoms with van der Waals surface area (Å²) in [6.45, 7) is 1.75. The van der Waals surface area contributed by atoms with Crippen molar-refractivity contribution in [1.82, 2.24) is 15.1 Å². The molecule has 1 atom stereocenters. The van der Waals surface area contributed by atoms with Gasteiger partial charge in [0, 0.05) is 25.6 Å². The Morgan fingerprint density at radius 1 is 1.21 bits per heavy atom. The number of aryl methyl sites for hydroxylation is 1. The van der Waals surface area contributed by atoms with Crippen molar-refractivity contribution in [3.05, 3.63) is 71.7 Å². The van der Waals surface area contributed by atoms with Gasteiger partial charge in [-0.15, -0.1) is 0 Å².